The maximum absolute atomic E-state index is 13.3. The molecule has 0 unspecified atom stereocenters. The monoisotopic (exact) mass is 457 g/mol. The molecule has 33 heavy (non-hydrogen) atoms. The molecule has 0 bridgehead atoms. The van der Waals surface area contributed by atoms with Gasteiger partial charge < -0.3 is 19.1 Å². The summed E-state index contributed by atoms with van der Waals surface area (Å²) >= 11 is 0. The largest absolute Gasteiger partial charge is 0.490 e. The van der Waals surface area contributed by atoms with Gasteiger partial charge >= 0.3 is 0 Å². The fourth-order valence-corrected chi connectivity index (χ4v) is 4.82. The Morgan fingerprint density at radius 2 is 1.85 bits per heavy atom. The van der Waals surface area contributed by atoms with E-state index in [1.165, 1.54) is 12.1 Å². The lowest BCUT2D eigenvalue weighted by atomic mass is 9.90. The lowest BCUT2D eigenvalue weighted by Crippen LogP contribution is -2.50. The molecule has 2 aliphatic heterocycles. The third-order valence-electron chi connectivity index (χ3n) is 6.68. The Morgan fingerprint density at radius 3 is 2.55 bits per heavy atom. The minimum Gasteiger partial charge on any atom is -0.490 e. The molecule has 8 heteroatoms. The van der Waals surface area contributed by atoms with Crippen LogP contribution in [0.4, 0.5) is 4.39 Å². The molecule has 0 saturated carbocycles. The van der Waals surface area contributed by atoms with Crippen LogP contribution in [0.5, 0.6) is 5.75 Å². The predicted molar refractivity (Wildman–Crippen MR) is 120 cm³/mol. The first-order valence-corrected chi connectivity index (χ1v) is 11.9. The summed E-state index contributed by atoms with van der Waals surface area (Å²) in [5.74, 6) is 0.600. The molecule has 4 rings (SSSR count). The number of hydrogen-bond acceptors (Lipinski definition) is 5. The number of aryl methyl sites for hydroxylation is 2. The van der Waals surface area contributed by atoms with E-state index in [1.807, 2.05) is 11.8 Å². The maximum Gasteiger partial charge on any atom is 0.259 e. The average molecular weight is 458 g/mol. The van der Waals surface area contributed by atoms with Gasteiger partial charge in [-0.2, -0.15) is 0 Å². The van der Waals surface area contributed by atoms with Crippen molar-refractivity contribution in [3.05, 3.63) is 47.1 Å². The number of hydrogen-bond donors (Lipinski definition) is 0. The van der Waals surface area contributed by atoms with Crippen LogP contribution in [-0.4, -0.2) is 59.1 Å². The molecule has 3 heterocycles. The summed E-state index contributed by atoms with van der Waals surface area (Å²) in [6, 6.07) is 5.93. The number of carbonyl (C=O) groups excluding carboxylic acids is 2. The average Bonchev–Trinajstić information content (AvgIpc) is 3.22. The van der Waals surface area contributed by atoms with E-state index >= 15 is 0 Å². The zero-order chi connectivity index (χ0) is 23.4. The van der Waals surface area contributed by atoms with Gasteiger partial charge in [-0.3, -0.25) is 9.59 Å². The van der Waals surface area contributed by atoms with E-state index in [9.17, 15) is 14.0 Å². The first-order valence-electron chi connectivity index (χ1n) is 11.9. The van der Waals surface area contributed by atoms with Gasteiger partial charge in [0, 0.05) is 44.9 Å². The lowest BCUT2D eigenvalue weighted by Gasteiger charge is -2.39. The molecule has 1 aromatic heterocycles. The van der Waals surface area contributed by atoms with Crippen molar-refractivity contribution in [1.29, 1.82) is 0 Å². The van der Waals surface area contributed by atoms with Crippen LogP contribution in [0.15, 0.2) is 28.8 Å². The molecule has 178 valence electrons. The number of carbonyl (C=O) groups is 2. The first kappa shape index (κ1) is 23.3. The Morgan fingerprint density at radius 1 is 1.12 bits per heavy atom. The van der Waals surface area contributed by atoms with E-state index < -0.39 is 0 Å². The maximum atomic E-state index is 13.3. The molecule has 0 spiro atoms. The summed E-state index contributed by atoms with van der Waals surface area (Å²) in [5.41, 5.74) is 1.18. The van der Waals surface area contributed by atoms with Crippen molar-refractivity contribution in [3.8, 4) is 5.75 Å². The number of benzene rings is 1. The lowest BCUT2D eigenvalue weighted by molar-refractivity contribution is -0.134. The Kier molecular flexibility index (Phi) is 7.30. The van der Waals surface area contributed by atoms with Crippen molar-refractivity contribution in [3.63, 3.8) is 0 Å². The van der Waals surface area contributed by atoms with Crippen molar-refractivity contribution < 1.29 is 23.2 Å². The number of halogens is 1. The van der Waals surface area contributed by atoms with E-state index in [0.29, 0.717) is 55.1 Å². The number of nitrogens with zero attached hydrogens (tertiary/aromatic N) is 3. The van der Waals surface area contributed by atoms with Crippen molar-refractivity contribution in [1.82, 2.24) is 15.0 Å². The minimum atomic E-state index is -0.324. The van der Waals surface area contributed by atoms with Crippen molar-refractivity contribution in [2.75, 3.05) is 26.2 Å². The molecule has 2 aromatic rings. The van der Waals surface area contributed by atoms with Gasteiger partial charge in [0.25, 0.3) is 5.91 Å². The molecular formula is C25H32FN3O4. The standard InChI is InChI=1S/C25H32FN3O4/c1-3-21-24(17(2)33-27-21)25(31)29-14-11-22(32-20-9-7-19(26)8-10-20)18(16-29)15-23(30)28-12-5-4-6-13-28/h7-10,18,22H,3-6,11-16H2,1-2H3/t18-,22-/m0/s1. The van der Waals surface area contributed by atoms with Gasteiger partial charge in [-0.25, -0.2) is 4.39 Å². The van der Waals surface area contributed by atoms with Crippen LogP contribution in [0.2, 0.25) is 0 Å². The number of piperidine rings is 2. The summed E-state index contributed by atoms with van der Waals surface area (Å²) < 4.78 is 24.8. The molecule has 2 aliphatic rings. The number of ether oxygens (including phenoxy) is 1. The summed E-state index contributed by atoms with van der Waals surface area (Å²) in [6.45, 7) is 6.19. The zero-order valence-electron chi connectivity index (χ0n) is 19.4. The normalized spacial score (nSPS) is 21.2. The second-order valence-corrected chi connectivity index (χ2v) is 8.97. The van der Waals surface area contributed by atoms with E-state index in [4.69, 9.17) is 9.26 Å². The van der Waals surface area contributed by atoms with E-state index in [0.717, 1.165) is 32.4 Å². The molecule has 2 saturated heterocycles. The fourth-order valence-electron chi connectivity index (χ4n) is 4.82. The third kappa shape index (κ3) is 5.37. The van der Waals surface area contributed by atoms with Crippen LogP contribution in [0, 0.1) is 18.7 Å². The topological polar surface area (TPSA) is 75.9 Å². The fraction of sp³-hybridized carbons (Fsp3) is 0.560. The number of rotatable bonds is 6. The highest BCUT2D eigenvalue weighted by Gasteiger charge is 2.37. The van der Waals surface area contributed by atoms with Crippen LogP contribution in [0.1, 0.15) is 60.8 Å². The Hall–Kier alpha value is -2.90. The molecule has 0 radical (unpaired) electrons. The second-order valence-electron chi connectivity index (χ2n) is 8.97. The molecular weight excluding hydrogens is 425 g/mol. The van der Waals surface area contributed by atoms with Gasteiger partial charge in [0.2, 0.25) is 5.91 Å². The summed E-state index contributed by atoms with van der Waals surface area (Å²) in [6.07, 6.45) is 4.50. The van der Waals surface area contributed by atoms with Gasteiger partial charge in [0.15, 0.2) is 0 Å². The predicted octanol–water partition coefficient (Wildman–Crippen LogP) is 4.00. The van der Waals surface area contributed by atoms with E-state index in [1.54, 1.807) is 24.0 Å². The van der Waals surface area contributed by atoms with Gasteiger partial charge in [0.05, 0.1) is 5.69 Å². The molecule has 2 fully saturated rings. The number of likely N-dealkylation sites (tertiary alicyclic amines) is 2. The second kappa shape index (κ2) is 10.4. The summed E-state index contributed by atoms with van der Waals surface area (Å²) in [4.78, 5) is 30.1. The Bertz CT molecular complexity index is 969. The quantitative estimate of drug-likeness (QED) is 0.656. The molecule has 2 amide bonds. The Balaban J connectivity index is 1.51. The molecule has 0 aliphatic carbocycles. The molecule has 1 aromatic carbocycles. The van der Waals surface area contributed by atoms with E-state index in [2.05, 4.69) is 5.16 Å². The number of amides is 2. The minimum absolute atomic E-state index is 0.108. The van der Waals surface area contributed by atoms with Crippen molar-refractivity contribution >= 4 is 11.8 Å². The van der Waals surface area contributed by atoms with Gasteiger partial charge in [-0.05, 0) is 56.9 Å². The summed E-state index contributed by atoms with van der Waals surface area (Å²) in [7, 11) is 0. The Labute approximate surface area is 193 Å². The smallest absolute Gasteiger partial charge is 0.259 e. The molecule has 7 nitrogen and oxygen atoms in total. The molecule has 2 atom stereocenters. The SMILES string of the molecule is CCc1noc(C)c1C(=O)N1CC[C@H](Oc2ccc(F)cc2)[C@@H](CC(=O)N2CCCCC2)C1. The number of aromatic nitrogens is 1. The summed E-state index contributed by atoms with van der Waals surface area (Å²) in [5, 5.41) is 4.02. The highest BCUT2D eigenvalue weighted by Crippen LogP contribution is 2.29. The van der Waals surface area contributed by atoms with Crippen LogP contribution in [-0.2, 0) is 11.2 Å². The zero-order valence-corrected chi connectivity index (χ0v) is 19.4. The highest BCUT2D eigenvalue weighted by atomic mass is 19.1. The van der Waals surface area contributed by atoms with Crippen molar-refractivity contribution in [2.24, 2.45) is 5.92 Å². The van der Waals surface area contributed by atoms with Crippen molar-refractivity contribution in [2.45, 2.75) is 58.5 Å². The van der Waals surface area contributed by atoms with E-state index in [-0.39, 0.29) is 29.7 Å². The van der Waals surface area contributed by atoms with Gasteiger partial charge in [0.1, 0.15) is 29.0 Å². The third-order valence-corrected chi connectivity index (χ3v) is 6.68. The van der Waals surface area contributed by atoms with Gasteiger partial charge in [-0.1, -0.05) is 12.1 Å². The van der Waals surface area contributed by atoms with Crippen LogP contribution < -0.4 is 4.74 Å². The first-order chi connectivity index (χ1) is 16.0. The van der Waals surface area contributed by atoms with Crippen LogP contribution in [0.3, 0.4) is 0 Å². The van der Waals surface area contributed by atoms with Gasteiger partial charge in [-0.15, -0.1) is 0 Å². The highest BCUT2D eigenvalue weighted by molar-refractivity contribution is 5.96. The van der Waals surface area contributed by atoms with Crippen LogP contribution in [0.25, 0.3) is 0 Å². The molecule has 0 N–H and O–H groups in total. The van der Waals surface area contributed by atoms with Crippen LogP contribution >= 0.6 is 0 Å².